The highest BCUT2D eigenvalue weighted by Gasteiger charge is 2.29. The number of rotatable bonds is 5. The molecule has 1 aromatic carbocycles. The van der Waals surface area contributed by atoms with Gasteiger partial charge in [0.15, 0.2) is 0 Å². The molecule has 7 heteroatoms. The maximum atomic E-state index is 12.9. The lowest BCUT2D eigenvalue weighted by Gasteiger charge is -2.31. The fourth-order valence-electron chi connectivity index (χ4n) is 3.50. The molecule has 2 aliphatic heterocycles. The number of carboxylic acid groups (broad SMARTS) is 1. The van der Waals surface area contributed by atoms with Crippen LogP contribution in [0.3, 0.4) is 0 Å². The van der Waals surface area contributed by atoms with Gasteiger partial charge >= 0.3 is 5.97 Å². The van der Waals surface area contributed by atoms with E-state index in [0.29, 0.717) is 30.7 Å². The lowest BCUT2D eigenvalue weighted by Crippen LogP contribution is -2.42. The Hall–Kier alpha value is -2.02. The van der Waals surface area contributed by atoms with Crippen LogP contribution in [0.5, 0.6) is 0 Å². The van der Waals surface area contributed by atoms with Gasteiger partial charge in [-0.2, -0.15) is 0 Å². The van der Waals surface area contributed by atoms with E-state index in [1.54, 1.807) is 17.0 Å². The summed E-state index contributed by atoms with van der Waals surface area (Å²) >= 11 is 1.39. The number of carboxylic acids is 1. The quantitative estimate of drug-likeness (QED) is 0.798. The lowest BCUT2D eigenvalue weighted by molar-refractivity contribution is -0.143. The van der Waals surface area contributed by atoms with Crippen LogP contribution in [0.15, 0.2) is 29.2 Å². The largest absolute Gasteiger partial charge is 0.481 e. The number of piperidine rings is 1. The topological polar surface area (TPSA) is 77.9 Å². The van der Waals surface area contributed by atoms with Crippen molar-refractivity contribution in [2.24, 2.45) is 5.92 Å². The van der Waals surface area contributed by atoms with Crippen molar-refractivity contribution in [3.8, 4) is 0 Å². The number of benzene rings is 1. The SMILES string of the molecule is O=C(O)C1CCCN(C(=O)c2ccccc2SCC(=O)N2CCCC2)C1. The Balaban J connectivity index is 1.67. The van der Waals surface area contributed by atoms with Crippen LogP contribution >= 0.6 is 11.8 Å². The maximum absolute atomic E-state index is 12.9. The van der Waals surface area contributed by atoms with Crippen molar-refractivity contribution in [3.63, 3.8) is 0 Å². The molecule has 140 valence electrons. The summed E-state index contributed by atoms with van der Waals surface area (Å²) in [6.07, 6.45) is 3.43. The second-order valence-electron chi connectivity index (χ2n) is 6.80. The molecule has 6 nitrogen and oxygen atoms in total. The summed E-state index contributed by atoms with van der Waals surface area (Å²) in [6.45, 7) is 2.48. The molecular weight excluding hydrogens is 352 g/mol. The highest BCUT2D eigenvalue weighted by Crippen LogP contribution is 2.26. The molecular formula is C19H24N2O4S. The van der Waals surface area contributed by atoms with Gasteiger partial charge in [0.2, 0.25) is 5.91 Å². The van der Waals surface area contributed by atoms with Crippen molar-refractivity contribution in [2.45, 2.75) is 30.6 Å². The van der Waals surface area contributed by atoms with Crippen molar-refractivity contribution >= 4 is 29.5 Å². The highest BCUT2D eigenvalue weighted by atomic mass is 32.2. The van der Waals surface area contributed by atoms with Gasteiger partial charge in [0.05, 0.1) is 17.2 Å². The zero-order valence-electron chi connectivity index (χ0n) is 14.7. The van der Waals surface area contributed by atoms with E-state index in [2.05, 4.69) is 0 Å². The Morgan fingerprint density at radius 3 is 2.46 bits per heavy atom. The van der Waals surface area contributed by atoms with E-state index in [9.17, 15) is 19.5 Å². The summed E-state index contributed by atoms with van der Waals surface area (Å²) in [6, 6.07) is 7.27. The number of carbonyl (C=O) groups excluding carboxylic acids is 2. The Labute approximate surface area is 157 Å². The van der Waals surface area contributed by atoms with Gasteiger partial charge in [0.25, 0.3) is 5.91 Å². The van der Waals surface area contributed by atoms with Gasteiger partial charge in [-0.05, 0) is 37.8 Å². The minimum atomic E-state index is -0.846. The van der Waals surface area contributed by atoms with Gasteiger partial charge in [0, 0.05) is 31.1 Å². The average Bonchev–Trinajstić information content (AvgIpc) is 3.21. The fraction of sp³-hybridized carbons (Fsp3) is 0.526. The molecule has 1 atom stereocenters. The maximum Gasteiger partial charge on any atom is 0.308 e. The van der Waals surface area contributed by atoms with Crippen LogP contribution in [-0.2, 0) is 9.59 Å². The van der Waals surface area contributed by atoms with Crippen LogP contribution < -0.4 is 0 Å². The molecule has 3 rings (SSSR count). The number of hydrogen-bond acceptors (Lipinski definition) is 4. The molecule has 26 heavy (non-hydrogen) atoms. The Morgan fingerprint density at radius 2 is 1.73 bits per heavy atom. The minimum absolute atomic E-state index is 0.110. The van der Waals surface area contributed by atoms with Crippen LogP contribution in [0.4, 0.5) is 0 Å². The molecule has 2 aliphatic rings. The minimum Gasteiger partial charge on any atom is -0.481 e. The third-order valence-corrected chi connectivity index (χ3v) is 6.04. The monoisotopic (exact) mass is 376 g/mol. The van der Waals surface area contributed by atoms with Crippen LogP contribution in [-0.4, -0.2) is 64.6 Å². The molecule has 0 radical (unpaired) electrons. The van der Waals surface area contributed by atoms with Gasteiger partial charge in [-0.3, -0.25) is 14.4 Å². The number of nitrogens with zero attached hydrogens (tertiary/aromatic N) is 2. The van der Waals surface area contributed by atoms with Gasteiger partial charge in [-0.25, -0.2) is 0 Å². The lowest BCUT2D eigenvalue weighted by atomic mass is 9.97. The average molecular weight is 376 g/mol. The Kier molecular flexibility index (Phi) is 6.19. The van der Waals surface area contributed by atoms with Crippen LogP contribution in [0, 0.1) is 5.92 Å². The predicted octanol–water partition coefficient (Wildman–Crippen LogP) is 2.34. The summed E-state index contributed by atoms with van der Waals surface area (Å²) in [7, 11) is 0. The van der Waals surface area contributed by atoms with E-state index in [-0.39, 0.29) is 18.4 Å². The molecule has 0 spiro atoms. The molecule has 2 saturated heterocycles. The van der Waals surface area contributed by atoms with Crippen LogP contribution in [0.25, 0.3) is 0 Å². The summed E-state index contributed by atoms with van der Waals surface area (Å²) in [5.41, 5.74) is 0.553. The molecule has 2 fully saturated rings. The standard InChI is InChI=1S/C19H24N2O4S/c22-17(20-9-3-4-10-20)13-26-16-8-2-1-7-15(16)18(23)21-11-5-6-14(12-21)19(24)25/h1-2,7-8,14H,3-6,9-13H2,(H,24,25). The molecule has 1 aromatic rings. The fourth-order valence-corrected chi connectivity index (χ4v) is 4.45. The normalized spacial score (nSPS) is 20.2. The van der Waals surface area contributed by atoms with E-state index in [0.717, 1.165) is 30.8 Å². The van der Waals surface area contributed by atoms with Crippen molar-refractivity contribution in [1.29, 1.82) is 0 Å². The van der Waals surface area contributed by atoms with Crippen molar-refractivity contribution in [3.05, 3.63) is 29.8 Å². The summed E-state index contributed by atoms with van der Waals surface area (Å²) in [5.74, 6) is -1.06. The van der Waals surface area contributed by atoms with Crippen LogP contribution in [0.1, 0.15) is 36.0 Å². The smallest absolute Gasteiger partial charge is 0.308 e. The predicted molar refractivity (Wildman–Crippen MR) is 99.2 cm³/mol. The first-order valence-corrected chi connectivity index (χ1v) is 10.1. The molecule has 0 aromatic heterocycles. The number of hydrogen-bond donors (Lipinski definition) is 1. The van der Waals surface area contributed by atoms with Crippen LogP contribution in [0.2, 0.25) is 0 Å². The number of thioether (sulfide) groups is 1. The Morgan fingerprint density at radius 1 is 1.04 bits per heavy atom. The number of likely N-dealkylation sites (tertiary alicyclic amines) is 2. The number of aliphatic carboxylic acids is 1. The molecule has 1 unspecified atom stereocenters. The van der Waals surface area contributed by atoms with Gasteiger partial charge < -0.3 is 14.9 Å². The zero-order chi connectivity index (χ0) is 18.5. The van der Waals surface area contributed by atoms with E-state index in [1.165, 1.54) is 11.8 Å². The first-order valence-electron chi connectivity index (χ1n) is 9.08. The first-order chi connectivity index (χ1) is 12.6. The van der Waals surface area contributed by atoms with Crippen molar-refractivity contribution in [2.75, 3.05) is 31.9 Å². The zero-order valence-corrected chi connectivity index (χ0v) is 15.5. The van der Waals surface area contributed by atoms with Gasteiger partial charge in [-0.1, -0.05) is 12.1 Å². The molecule has 2 amide bonds. The summed E-state index contributed by atoms with van der Waals surface area (Å²) in [4.78, 5) is 40.7. The third kappa shape index (κ3) is 4.38. The molecule has 0 aliphatic carbocycles. The van der Waals surface area contributed by atoms with Crippen molar-refractivity contribution < 1.29 is 19.5 Å². The van der Waals surface area contributed by atoms with Crippen molar-refractivity contribution in [1.82, 2.24) is 9.80 Å². The molecule has 0 saturated carbocycles. The van der Waals surface area contributed by atoms with E-state index in [4.69, 9.17) is 0 Å². The molecule has 1 N–H and O–H groups in total. The summed E-state index contributed by atoms with van der Waals surface area (Å²) < 4.78 is 0. The van der Waals surface area contributed by atoms with Gasteiger partial charge in [-0.15, -0.1) is 11.8 Å². The molecule has 0 bridgehead atoms. The summed E-state index contributed by atoms with van der Waals surface area (Å²) in [5, 5.41) is 9.23. The Bertz CT molecular complexity index is 688. The number of amides is 2. The van der Waals surface area contributed by atoms with E-state index < -0.39 is 11.9 Å². The third-order valence-electron chi connectivity index (χ3n) is 4.99. The second-order valence-corrected chi connectivity index (χ2v) is 7.82. The highest BCUT2D eigenvalue weighted by molar-refractivity contribution is 8.00. The molecule has 2 heterocycles. The van der Waals surface area contributed by atoms with Gasteiger partial charge in [0.1, 0.15) is 0 Å². The van der Waals surface area contributed by atoms with E-state index >= 15 is 0 Å². The first kappa shape index (κ1) is 18.8. The van der Waals surface area contributed by atoms with E-state index in [1.807, 2.05) is 17.0 Å². The second kappa shape index (κ2) is 8.58. The number of carbonyl (C=O) groups is 3.